The summed E-state index contributed by atoms with van der Waals surface area (Å²) in [6, 6.07) is 7.96. The predicted molar refractivity (Wildman–Crippen MR) is 88.2 cm³/mol. The van der Waals surface area contributed by atoms with Crippen LogP contribution < -0.4 is 0 Å². The fraction of sp³-hybridized carbons (Fsp3) is 0.158. The third kappa shape index (κ3) is 2.97. The van der Waals surface area contributed by atoms with E-state index in [0.717, 1.165) is 5.69 Å². The fourth-order valence-corrected chi connectivity index (χ4v) is 2.51. The summed E-state index contributed by atoms with van der Waals surface area (Å²) in [7, 11) is 0. The second-order valence-electron chi connectivity index (χ2n) is 5.50. The highest BCUT2D eigenvalue weighted by atomic mass is 19.2. The third-order valence-electron chi connectivity index (χ3n) is 3.74. The largest absolute Gasteiger partial charge is 0.380 e. The molecule has 0 spiro atoms. The number of nitrogens with zero attached hydrogens (tertiary/aromatic N) is 2. The minimum absolute atomic E-state index is 0.0397. The van der Waals surface area contributed by atoms with Crippen LogP contribution in [0.25, 0.3) is 22.2 Å². The second kappa shape index (κ2) is 6.34. The van der Waals surface area contributed by atoms with E-state index in [9.17, 15) is 13.9 Å². The first-order valence-electron chi connectivity index (χ1n) is 7.34. The molecule has 0 saturated heterocycles. The fourth-order valence-electron chi connectivity index (χ4n) is 2.51. The summed E-state index contributed by atoms with van der Waals surface area (Å²) in [5, 5.41) is 9.41. The molecule has 3 nitrogen and oxygen atoms in total. The van der Waals surface area contributed by atoms with Crippen molar-refractivity contribution >= 4 is 11.0 Å². The molecule has 0 aliphatic heterocycles. The van der Waals surface area contributed by atoms with E-state index in [1.54, 1.807) is 24.4 Å². The molecule has 2 aromatic carbocycles. The average molecular weight is 324 g/mol. The lowest BCUT2D eigenvalue weighted by atomic mass is 9.99. The maximum absolute atomic E-state index is 14.4. The molecule has 24 heavy (non-hydrogen) atoms. The van der Waals surface area contributed by atoms with Crippen molar-refractivity contribution in [2.75, 3.05) is 0 Å². The number of aryl methyl sites for hydroxylation is 1. The second-order valence-corrected chi connectivity index (χ2v) is 5.50. The molecule has 0 radical (unpaired) electrons. The van der Waals surface area contributed by atoms with Crippen molar-refractivity contribution < 1.29 is 13.9 Å². The first-order valence-corrected chi connectivity index (χ1v) is 7.34. The number of fused-ring (bicyclic) bond motifs is 1. The minimum Gasteiger partial charge on any atom is -0.380 e. The molecule has 1 unspecified atom stereocenters. The Morgan fingerprint density at radius 2 is 1.96 bits per heavy atom. The van der Waals surface area contributed by atoms with E-state index in [1.807, 2.05) is 6.92 Å². The molecule has 0 aliphatic rings. The van der Waals surface area contributed by atoms with Gasteiger partial charge in [0.25, 0.3) is 0 Å². The van der Waals surface area contributed by atoms with Gasteiger partial charge in [0.05, 0.1) is 16.7 Å². The number of hydrogen-bond acceptors (Lipinski definition) is 3. The number of aliphatic hydroxyl groups excluding tert-OH is 1. The molecule has 3 aromatic rings. The van der Waals surface area contributed by atoms with Gasteiger partial charge in [-0.15, -0.1) is 6.42 Å². The number of aromatic nitrogens is 2. The van der Waals surface area contributed by atoms with E-state index in [4.69, 9.17) is 6.42 Å². The zero-order chi connectivity index (χ0) is 17.3. The number of benzene rings is 2. The zero-order valence-electron chi connectivity index (χ0n) is 12.9. The highest BCUT2D eigenvalue weighted by molar-refractivity contribution is 5.81. The van der Waals surface area contributed by atoms with Gasteiger partial charge < -0.3 is 5.11 Å². The molecule has 0 amide bonds. The Hall–Kier alpha value is -2.84. The quantitative estimate of drug-likeness (QED) is 0.751. The van der Waals surface area contributed by atoms with Crippen LogP contribution in [0.5, 0.6) is 0 Å². The van der Waals surface area contributed by atoms with Gasteiger partial charge in [0.1, 0.15) is 6.10 Å². The van der Waals surface area contributed by atoms with E-state index >= 15 is 0 Å². The van der Waals surface area contributed by atoms with Crippen LogP contribution in [0.2, 0.25) is 0 Å². The summed E-state index contributed by atoms with van der Waals surface area (Å²) >= 11 is 0. The van der Waals surface area contributed by atoms with Gasteiger partial charge in [0.15, 0.2) is 11.6 Å². The molecule has 1 atom stereocenters. The summed E-state index contributed by atoms with van der Waals surface area (Å²) in [5.41, 5.74) is 2.73. The normalized spacial score (nSPS) is 12.1. The van der Waals surface area contributed by atoms with Crippen LogP contribution >= 0.6 is 0 Å². The lowest BCUT2D eigenvalue weighted by molar-refractivity contribution is 0.231. The lowest BCUT2D eigenvalue weighted by Crippen LogP contribution is -2.09. The number of aliphatic hydroxyl groups is 1. The maximum Gasteiger partial charge on any atom is 0.166 e. The monoisotopic (exact) mass is 324 g/mol. The van der Waals surface area contributed by atoms with Crippen LogP contribution in [-0.2, 0) is 6.42 Å². The molecule has 120 valence electrons. The lowest BCUT2D eigenvalue weighted by Gasteiger charge is -2.10. The Morgan fingerprint density at radius 1 is 1.17 bits per heavy atom. The first kappa shape index (κ1) is 16.0. The van der Waals surface area contributed by atoms with Crippen LogP contribution in [0.4, 0.5) is 8.78 Å². The van der Waals surface area contributed by atoms with Crippen LogP contribution in [-0.4, -0.2) is 21.2 Å². The average Bonchev–Trinajstić information content (AvgIpc) is 2.58. The van der Waals surface area contributed by atoms with Gasteiger partial charge in [0, 0.05) is 18.2 Å². The Balaban J connectivity index is 2.05. The van der Waals surface area contributed by atoms with Crippen molar-refractivity contribution in [2.45, 2.75) is 19.4 Å². The summed E-state index contributed by atoms with van der Waals surface area (Å²) in [5.74, 6) is 0.104. The van der Waals surface area contributed by atoms with Gasteiger partial charge in [0.2, 0.25) is 0 Å². The third-order valence-corrected chi connectivity index (χ3v) is 3.74. The van der Waals surface area contributed by atoms with E-state index in [0.29, 0.717) is 16.6 Å². The van der Waals surface area contributed by atoms with E-state index in [2.05, 4.69) is 15.9 Å². The number of rotatable bonds is 3. The molecule has 0 fully saturated rings. The van der Waals surface area contributed by atoms with Crippen molar-refractivity contribution in [2.24, 2.45) is 0 Å². The van der Waals surface area contributed by atoms with Crippen LogP contribution in [0.15, 0.2) is 36.5 Å². The topological polar surface area (TPSA) is 46.0 Å². The van der Waals surface area contributed by atoms with Crippen molar-refractivity contribution in [3.05, 3.63) is 59.4 Å². The Labute approximate surface area is 138 Å². The summed E-state index contributed by atoms with van der Waals surface area (Å²) in [6.07, 6.45) is 5.40. The first-order chi connectivity index (χ1) is 11.5. The van der Waals surface area contributed by atoms with Gasteiger partial charge in [-0.05, 0) is 30.2 Å². The van der Waals surface area contributed by atoms with Crippen LogP contribution in [0.3, 0.4) is 0 Å². The molecular formula is C19H14F2N2O. The van der Waals surface area contributed by atoms with Crippen LogP contribution in [0.1, 0.15) is 11.3 Å². The van der Waals surface area contributed by atoms with Gasteiger partial charge in [-0.25, -0.2) is 13.8 Å². The molecular weight excluding hydrogens is 310 g/mol. The predicted octanol–water partition coefficient (Wildman–Crippen LogP) is 3.42. The standard InChI is InChI=1S/C19H14F2N2O/c1-3-14(24)8-13-4-6-15(19(21)18(13)20)12-5-7-16-17(9-12)22-10-11(2)23-16/h1,4-7,9-10,14,24H,8H2,2H3. The molecule has 0 bridgehead atoms. The van der Waals surface area contributed by atoms with Crippen LogP contribution in [0, 0.1) is 30.9 Å². The highest BCUT2D eigenvalue weighted by Gasteiger charge is 2.16. The summed E-state index contributed by atoms with van der Waals surface area (Å²) in [6.45, 7) is 1.83. The molecule has 1 heterocycles. The zero-order valence-corrected chi connectivity index (χ0v) is 12.9. The van der Waals surface area contributed by atoms with E-state index < -0.39 is 17.7 Å². The highest BCUT2D eigenvalue weighted by Crippen LogP contribution is 2.28. The number of terminal acetylenes is 1. The van der Waals surface area contributed by atoms with E-state index in [-0.39, 0.29) is 17.5 Å². The Morgan fingerprint density at radius 3 is 2.71 bits per heavy atom. The van der Waals surface area contributed by atoms with Gasteiger partial charge in [-0.1, -0.05) is 24.1 Å². The van der Waals surface area contributed by atoms with Crippen molar-refractivity contribution in [1.29, 1.82) is 0 Å². The van der Waals surface area contributed by atoms with E-state index in [1.165, 1.54) is 12.1 Å². The molecule has 5 heteroatoms. The Bertz CT molecular complexity index is 963. The molecule has 3 rings (SSSR count). The number of halogens is 2. The molecule has 1 N–H and O–H groups in total. The summed E-state index contributed by atoms with van der Waals surface area (Å²) in [4.78, 5) is 8.58. The summed E-state index contributed by atoms with van der Waals surface area (Å²) < 4.78 is 28.7. The minimum atomic E-state index is -1.15. The van der Waals surface area contributed by atoms with Crippen molar-refractivity contribution in [3.63, 3.8) is 0 Å². The number of hydrogen-bond donors (Lipinski definition) is 1. The maximum atomic E-state index is 14.4. The SMILES string of the molecule is C#CC(O)Cc1ccc(-c2ccc3nc(C)cnc3c2)c(F)c1F. The molecule has 1 aromatic heterocycles. The molecule has 0 saturated carbocycles. The smallest absolute Gasteiger partial charge is 0.166 e. The van der Waals surface area contributed by atoms with Gasteiger partial charge in [-0.2, -0.15) is 0 Å². The molecule has 0 aliphatic carbocycles. The van der Waals surface area contributed by atoms with Gasteiger partial charge >= 0.3 is 0 Å². The van der Waals surface area contributed by atoms with Crippen molar-refractivity contribution in [1.82, 2.24) is 9.97 Å². The van der Waals surface area contributed by atoms with Crippen molar-refractivity contribution in [3.8, 4) is 23.5 Å². The van der Waals surface area contributed by atoms with Gasteiger partial charge in [-0.3, -0.25) is 4.98 Å². The Kier molecular flexibility index (Phi) is 4.24.